The Balaban J connectivity index is 2.68. The topological polar surface area (TPSA) is 38.3 Å². The van der Waals surface area contributed by atoms with Crippen molar-refractivity contribution in [2.75, 3.05) is 0 Å². The number of hydrogen-bond acceptors (Lipinski definition) is 2. The highest BCUT2D eigenvalue weighted by atomic mass is 79.9. The summed E-state index contributed by atoms with van der Waals surface area (Å²) in [6.45, 7) is 7.59. The third-order valence-electron chi connectivity index (χ3n) is 2.37. The Bertz CT molecular complexity index is 395. The van der Waals surface area contributed by atoms with Crippen LogP contribution in [0.2, 0.25) is 0 Å². The highest BCUT2D eigenvalue weighted by molar-refractivity contribution is 9.10. The number of hydrogen-bond donors (Lipinski definition) is 1. The SMILES string of the molecule is CCC(NC(=O)OC(C)(C)C)c1ccc(Br)cc1. The summed E-state index contributed by atoms with van der Waals surface area (Å²) in [4.78, 5) is 11.7. The van der Waals surface area contributed by atoms with E-state index in [1.165, 1.54) is 0 Å². The minimum Gasteiger partial charge on any atom is -0.444 e. The smallest absolute Gasteiger partial charge is 0.408 e. The lowest BCUT2D eigenvalue weighted by Gasteiger charge is -2.23. The molecule has 0 aliphatic rings. The predicted molar refractivity (Wildman–Crippen MR) is 76.5 cm³/mol. The lowest BCUT2D eigenvalue weighted by atomic mass is 10.1. The molecule has 0 saturated carbocycles. The third kappa shape index (κ3) is 5.08. The second-order valence-electron chi connectivity index (χ2n) is 5.16. The van der Waals surface area contributed by atoms with Crippen LogP contribution in [0.15, 0.2) is 28.7 Å². The van der Waals surface area contributed by atoms with Gasteiger partial charge >= 0.3 is 6.09 Å². The molecule has 18 heavy (non-hydrogen) atoms. The van der Waals surface area contributed by atoms with Gasteiger partial charge < -0.3 is 10.1 Å². The van der Waals surface area contributed by atoms with E-state index < -0.39 is 5.60 Å². The molecule has 0 spiro atoms. The molecule has 1 N–H and O–H groups in total. The predicted octanol–water partition coefficient (Wildman–Crippen LogP) is 4.42. The van der Waals surface area contributed by atoms with E-state index in [4.69, 9.17) is 4.74 Å². The van der Waals surface area contributed by atoms with Crippen LogP contribution in [-0.2, 0) is 4.74 Å². The van der Waals surface area contributed by atoms with Crippen LogP contribution in [-0.4, -0.2) is 11.7 Å². The minimum atomic E-state index is -0.470. The summed E-state index contributed by atoms with van der Waals surface area (Å²) in [5.74, 6) is 0. The van der Waals surface area contributed by atoms with Crippen LogP contribution < -0.4 is 5.32 Å². The number of carbonyl (C=O) groups excluding carboxylic acids is 1. The number of alkyl carbamates (subject to hydrolysis) is 1. The van der Waals surface area contributed by atoms with Crippen LogP contribution in [0, 0.1) is 0 Å². The number of nitrogens with one attached hydrogen (secondary N) is 1. The molecule has 1 amide bonds. The van der Waals surface area contributed by atoms with Crippen molar-refractivity contribution in [1.29, 1.82) is 0 Å². The molecule has 100 valence electrons. The lowest BCUT2D eigenvalue weighted by molar-refractivity contribution is 0.0502. The summed E-state index contributed by atoms with van der Waals surface area (Å²) < 4.78 is 6.28. The first kappa shape index (κ1) is 15.0. The summed E-state index contributed by atoms with van der Waals surface area (Å²) in [6, 6.07) is 7.90. The molecule has 0 aliphatic heterocycles. The summed E-state index contributed by atoms with van der Waals surface area (Å²) >= 11 is 3.40. The Morgan fingerprint density at radius 3 is 2.33 bits per heavy atom. The number of halogens is 1. The summed E-state index contributed by atoms with van der Waals surface area (Å²) in [5.41, 5.74) is 0.605. The maximum atomic E-state index is 11.7. The van der Waals surface area contributed by atoms with Crippen molar-refractivity contribution in [2.45, 2.75) is 45.8 Å². The van der Waals surface area contributed by atoms with Crippen LogP contribution in [0.1, 0.15) is 45.7 Å². The molecule has 1 rings (SSSR count). The van der Waals surface area contributed by atoms with Crippen molar-refractivity contribution in [3.05, 3.63) is 34.3 Å². The molecule has 0 saturated heterocycles. The van der Waals surface area contributed by atoms with Gasteiger partial charge in [-0.15, -0.1) is 0 Å². The van der Waals surface area contributed by atoms with Crippen molar-refractivity contribution in [3.63, 3.8) is 0 Å². The quantitative estimate of drug-likeness (QED) is 0.896. The average molecular weight is 314 g/mol. The van der Waals surface area contributed by atoms with E-state index in [-0.39, 0.29) is 12.1 Å². The zero-order valence-corrected chi connectivity index (χ0v) is 12.9. The fourth-order valence-electron chi connectivity index (χ4n) is 1.57. The highest BCUT2D eigenvalue weighted by Gasteiger charge is 2.19. The number of benzene rings is 1. The van der Waals surface area contributed by atoms with E-state index in [9.17, 15) is 4.79 Å². The molecule has 0 aliphatic carbocycles. The first-order valence-electron chi connectivity index (χ1n) is 6.07. The Labute approximate surface area is 117 Å². The highest BCUT2D eigenvalue weighted by Crippen LogP contribution is 2.20. The molecule has 0 bridgehead atoms. The van der Waals surface area contributed by atoms with Crippen LogP contribution in [0.4, 0.5) is 4.79 Å². The molecule has 3 nitrogen and oxygen atoms in total. The van der Waals surface area contributed by atoms with Crippen molar-refractivity contribution < 1.29 is 9.53 Å². The molecular formula is C14H20BrNO2. The van der Waals surface area contributed by atoms with Crippen LogP contribution in [0.25, 0.3) is 0 Å². The van der Waals surface area contributed by atoms with Gasteiger partial charge in [0.1, 0.15) is 5.60 Å². The first-order valence-corrected chi connectivity index (χ1v) is 6.86. The van der Waals surface area contributed by atoms with Gasteiger partial charge in [0.15, 0.2) is 0 Å². The van der Waals surface area contributed by atoms with E-state index in [1.54, 1.807) is 0 Å². The number of amides is 1. The van der Waals surface area contributed by atoms with Crippen molar-refractivity contribution in [1.82, 2.24) is 5.32 Å². The van der Waals surface area contributed by atoms with Crippen LogP contribution in [0.3, 0.4) is 0 Å². The minimum absolute atomic E-state index is 0.0204. The molecule has 0 radical (unpaired) electrons. The van der Waals surface area contributed by atoms with E-state index in [0.717, 1.165) is 16.5 Å². The van der Waals surface area contributed by atoms with Crippen molar-refractivity contribution in [2.24, 2.45) is 0 Å². The number of rotatable bonds is 3. The number of carbonyl (C=O) groups is 1. The molecule has 1 unspecified atom stereocenters. The zero-order chi connectivity index (χ0) is 13.8. The van der Waals surface area contributed by atoms with Gasteiger partial charge in [-0.2, -0.15) is 0 Å². The molecule has 4 heteroatoms. The molecule has 0 heterocycles. The summed E-state index contributed by atoms with van der Waals surface area (Å²) in [5, 5.41) is 2.88. The standard InChI is InChI=1S/C14H20BrNO2/c1-5-12(10-6-8-11(15)9-7-10)16-13(17)18-14(2,3)4/h6-9,12H,5H2,1-4H3,(H,16,17). The molecular weight excluding hydrogens is 294 g/mol. The Kier molecular flexibility index (Phi) is 5.20. The largest absolute Gasteiger partial charge is 0.444 e. The van der Waals surface area contributed by atoms with Crippen molar-refractivity contribution in [3.8, 4) is 0 Å². The maximum Gasteiger partial charge on any atom is 0.408 e. The van der Waals surface area contributed by atoms with Gasteiger partial charge in [0.25, 0.3) is 0 Å². The second-order valence-corrected chi connectivity index (χ2v) is 6.07. The Hall–Kier alpha value is -1.03. The van der Waals surface area contributed by atoms with Gasteiger partial charge in [-0.05, 0) is 44.9 Å². The van der Waals surface area contributed by atoms with E-state index in [0.29, 0.717) is 0 Å². The van der Waals surface area contributed by atoms with Crippen molar-refractivity contribution >= 4 is 22.0 Å². The molecule has 0 aromatic heterocycles. The Morgan fingerprint density at radius 1 is 1.33 bits per heavy atom. The fraction of sp³-hybridized carbons (Fsp3) is 0.500. The van der Waals surface area contributed by atoms with Crippen LogP contribution in [0.5, 0.6) is 0 Å². The second kappa shape index (κ2) is 6.23. The Morgan fingerprint density at radius 2 is 1.89 bits per heavy atom. The van der Waals surface area contributed by atoms with E-state index in [1.807, 2.05) is 52.0 Å². The maximum absolute atomic E-state index is 11.7. The molecule has 0 fully saturated rings. The van der Waals surface area contributed by atoms with E-state index >= 15 is 0 Å². The molecule has 1 atom stereocenters. The van der Waals surface area contributed by atoms with Gasteiger partial charge in [-0.3, -0.25) is 0 Å². The third-order valence-corrected chi connectivity index (χ3v) is 2.90. The number of ether oxygens (including phenoxy) is 1. The van der Waals surface area contributed by atoms with Gasteiger partial charge in [0, 0.05) is 4.47 Å². The van der Waals surface area contributed by atoms with E-state index in [2.05, 4.69) is 21.2 Å². The molecule has 1 aromatic rings. The van der Waals surface area contributed by atoms with Gasteiger partial charge in [-0.1, -0.05) is 35.0 Å². The zero-order valence-electron chi connectivity index (χ0n) is 11.3. The lowest BCUT2D eigenvalue weighted by Crippen LogP contribution is -2.34. The van der Waals surface area contributed by atoms with Gasteiger partial charge in [0.05, 0.1) is 6.04 Å². The average Bonchev–Trinajstić information content (AvgIpc) is 2.25. The monoisotopic (exact) mass is 313 g/mol. The van der Waals surface area contributed by atoms with Crippen LogP contribution >= 0.6 is 15.9 Å². The first-order chi connectivity index (χ1) is 8.31. The van der Waals surface area contributed by atoms with Gasteiger partial charge in [-0.25, -0.2) is 4.79 Å². The molecule has 1 aromatic carbocycles. The normalized spacial score (nSPS) is 12.9. The fourth-order valence-corrected chi connectivity index (χ4v) is 1.83. The summed E-state index contributed by atoms with van der Waals surface area (Å²) in [6.07, 6.45) is 0.443. The van der Waals surface area contributed by atoms with Gasteiger partial charge in [0.2, 0.25) is 0 Å². The summed E-state index contributed by atoms with van der Waals surface area (Å²) in [7, 11) is 0.